The van der Waals surface area contributed by atoms with Crippen LogP contribution in [0.1, 0.15) is 45.2 Å². The summed E-state index contributed by atoms with van der Waals surface area (Å²) in [5.41, 5.74) is 9.02. The zero-order valence-electron chi connectivity index (χ0n) is 12.5. The van der Waals surface area contributed by atoms with Crippen LogP contribution < -0.4 is 0 Å². The highest BCUT2D eigenvalue weighted by molar-refractivity contribution is 7.09. The molecule has 0 unspecified atom stereocenters. The summed E-state index contributed by atoms with van der Waals surface area (Å²) in [4.78, 5) is 0. The maximum absolute atomic E-state index is 2.44. The van der Waals surface area contributed by atoms with Gasteiger partial charge >= 0.3 is 0 Å². The Kier molecular flexibility index (Phi) is 2.17. The number of benzene rings is 3. The summed E-state index contributed by atoms with van der Waals surface area (Å²) in [5, 5.41) is 7.32. The first kappa shape index (κ1) is 12.1. The molecule has 1 aromatic heterocycles. The van der Waals surface area contributed by atoms with Crippen LogP contribution in [0, 0.1) is 0 Å². The van der Waals surface area contributed by atoms with Gasteiger partial charge in [-0.05, 0) is 67.0 Å². The average molecular weight is 310 g/mol. The first-order valence-corrected chi connectivity index (χ1v) is 9.03. The summed E-state index contributed by atoms with van der Waals surface area (Å²) < 4.78 is 0. The van der Waals surface area contributed by atoms with E-state index in [1.807, 2.05) is 0 Å². The lowest BCUT2D eigenvalue weighted by atomic mass is 9.61. The second kappa shape index (κ2) is 4.12. The molecule has 23 heavy (non-hydrogen) atoms. The molecule has 0 radical (unpaired) electrons. The fourth-order valence-corrected chi connectivity index (χ4v) is 5.40. The van der Waals surface area contributed by atoms with Gasteiger partial charge in [-0.3, -0.25) is 0 Å². The molecule has 3 aliphatic rings. The minimum absolute atomic E-state index is 0.395. The van der Waals surface area contributed by atoms with Crippen LogP contribution in [0.5, 0.6) is 0 Å². The van der Waals surface area contributed by atoms with Crippen LogP contribution in [0.4, 0.5) is 0 Å². The Morgan fingerprint density at radius 2 is 0.913 bits per heavy atom. The SMILES string of the molecule is c1ccc2c(c1)C1c3ccccc3C2c2cc3cscc3cc21. The van der Waals surface area contributed by atoms with E-state index in [-0.39, 0.29) is 0 Å². The molecule has 1 heteroatoms. The van der Waals surface area contributed by atoms with Gasteiger partial charge in [-0.25, -0.2) is 0 Å². The van der Waals surface area contributed by atoms with Crippen LogP contribution in [0.2, 0.25) is 0 Å². The van der Waals surface area contributed by atoms with Crippen LogP contribution in [-0.2, 0) is 0 Å². The quantitative estimate of drug-likeness (QED) is 0.328. The van der Waals surface area contributed by atoms with E-state index >= 15 is 0 Å². The first-order chi connectivity index (χ1) is 11.4. The van der Waals surface area contributed by atoms with E-state index in [4.69, 9.17) is 0 Å². The molecule has 0 amide bonds. The summed E-state index contributed by atoms with van der Waals surface area (Å²) in [5.74, 6) is 0.790. The predicted octanol–water partition coefficient (Wildman–Crippen LogP) is 5.89. The van der Waals surface area contributed by atoms with Gasteiger partial charge in [0, 0.05) is 11.8 Å². The molecule has 3 aromatic carbocycles. The zero-order chi connectivity index (χ0) is 15.0. The topological polar surface area (TPSA) is 0 Å². The largest absolute Gasteiger partial charge is 0.151 e. The zero-order valence-corrected chi connectivity index (χ0v) is 13.3. The smallest absolute Gasteiger partial charge is 0.0349 e. The monoisotopic (exact) mass is 310 g/mol. The van der Waals surface area contributed by atoms with Crippen LogP contribution >= 0.6 is 11.3 Å². The molecule has 0 fully saturated rings. The molecular formula is C22H14S. The van der Waals surface area contributed by atoms with Crippen LogP contribution in [0.25, 0.3) is 10.8 Å². The highest BCUT2D eigenvalue weighted by atomic mass is 32.1. The standard InChI is InChI=1S/C22H14S/c1-2-6-16-15(5-1)21-17-7-3-4-8-18(17)22(16)20-10-14-12-23-11-13(14)9-19(20)21/h1-12,21-22H. The van der Waals surface area contributed by atoms with Crippen LogP contribution in [0.15, 0.2) is 71.4 Å². The Hall–Kier alpha value is -2.38. The third-order valence-corrected chi connectivity index (χ3v) is 6.32. The lowest BCUT2D eigenvalue weighted by Crippen LogP contribution is -2.27. The Morgan fingerprint density at radius 3 is 1.30 bits per heavy atom. The molecular weight excluding hydrogens is 296 g/mol. The fourth-order valence-electron chi connectivity index (χ4n) is 4.63. The van der Waals surface area contributed by atoms with Gasteiger partial charge in [-0.15, -0.1) is 0 Å². The van der Waals surface area contributed by atoms with E-state index in [0.29, 0.717) is 11.8 Å². The maximum Gasteiger partial charge on any atom is 0.0349 e. The van der Waals surface area contributed by atoms with Gasteiger partial charge < -0.3 is 0 Å². The molecule has 0 atom stereocenters. The third-order valence-electron chi connectivity index (χ3n) is 5.54. The normalized spacial score (nSPS) is 20.2. The molecule has 3 aliphatic carbocycles. The minimum Gasteiger partial charge on any atom is -0.151 e. The minimum atomic E-state index is 0.395. The van der Waals surface area contributed by atoms with Crippen molar-refractivity contribution in [3.63, 3.8) is 0 Å². The van der Waals surface area contributed by atoms with Gasteiger partial charge in [-0.1, -0.05) is 48.5 Å². The molecule has 108 valence electrons. The summed E-state index contributed by atoms with van der Waals surface area (Å²) in [6.07, 6.45) is 0. The van der Waals surface area contributed by atoms with E-state index in [1.165, 1.54) is 44.2 Å². The average Bonchev–Trinajstić information content (AvgIpc) is 3.06. The maximum atomic E-state index is 2.44. The Balaban J connectivity index is 1.78. The van der Waals surface area contributed by atoms with Gasteiger partial charge in [0.1, 0.15) is 0 Å². The van der Waals surface area contributed by atoms with E-state index < -0.39 is 0 Å². The molecule has 0 N–H and O–H groups in total. The van der Waals surface area contributed by atoms with Crippen molar-refractivity contribution >= 4 is 22.1 Å². The number of rotatable bonds is 0. The van der Waals surface area contributed by atoms with Gasteiger partial charge in [0.05, 0.1) is 0 Å². The van der Waals surface area contributed by atoms with E-state index in [0.717, 1.165) is 0 Å². The molecule has 7 rings (SSSR count). The van der Waals surface area contributed by atoms with E-state index in [1.54, 1.807) is 11.3 Å². The fraction of sp³-hybridized carbons (Fsp3) is 0.0909. The van der Waals surface area contributed by atoms with Crippen molar-refractivity contribution in [3.8, 4) is 0 Å². The Bertz CT molecular complexity index is 955. The van der Waals surface area contributed by atoms with Crippen molar-refractivity contribution in [1.82, 2.24) is 0 Å². The highest BCUT2D eigenvalue weighted by Gasteiger charge is 2.40. The highest BCUT2D eigenvalue weighted by Crippen LogP contribution is 2.56. The number of thiophene rings is 1. The molecule has 4 aromatic rings. The molecule has 1 heterocycles. The predicted molar refractivity (Wildman–Crippen MR) is 96.6 cm³/mol. The van der Waals surface area contributed by atoms with Crippen molar-refractivity contribution in [2.75, 3.05) is 0 Å². The second-order valence-corrected chi connectivity index (χ2v) is 7.35. The van der Waals surface area contributed by atoms with E-state index in [9.17, 15) is 0 Å². The van der Waals surface area contributed by atoms with Crippen molar-refractivity contribution in [1.29, 1.82) is 0 Å². The second-order valence-electron chi connectivity index (χ2n) is 6.61. The number of hydrogen-bond donors (Lipinski definition) is 0. The molecule has 0 aliphatic heterocycles. The van der Waals surface area contributed by atoms with Crippen molar-refractivity contribution in [2.24, 2.45) is 0 Å². The lowest BCUT2D eigenvalue weighted by molar-refractivity contribution is 0.756. The summed E-state index contributed by atoms with van der Waals surface area (Å²) in [6.45, 7) is 0. The molecule has 2 bridgehead atoms. The van der Waals surface area contributed by atoms with E-state index in [2.05, 4.69) is 71.4 Å². The number of fused-ring (bicyclic) bond motifs is 1. The van der Waals surface area contributed by atoms with Gasteiger partial charge in [0.2, 0.25) is 0 Å². The van der Waals surface area contributed by atoms with Crippen LogP contribution in [0.3, 0.4) is 0 Å². The Labute approximate surface area is 139 Å². The van der Waals surface area contributed by atoms with Gasteiger partial charge in [0.25, 0.3) is 0 Å². The molecule has 0 saturated heterocycles. The van der Waals surface area contributed by atoms with Gasteiger partial charge in [-0.2, -0.15) is 11.3 Å². The number of hydrogen-bond acceptors (Lipinski definition) is 1. The van der Waals surface area contributed by atoms with Crippen molar-refractivity contribution in [2.45, 2.75) is 11.8 Å². The van der Waals surface area contributed by atoms with Crippen LogP contribution in [-0.4, -0.2) is 0 Å². The third kappa shape index (κ3) is 1.41. The lowest BCUT2D eigenvalue weighted by Gasteiger charge is -2.42. The summed E-state index contributed by atoms with van der Waals surface area (Å²) in [7, 11) is 0. The molecule has 0 spiro atoms. The Morgan fingerprint density at radius 1 is 0.522 bits per heavy atom. The molecule has 0 saturated carbocycles. The molecule has 0 nitrogen and oxygen atoms in total. The van der Waals surface area contributed by atoms with Gasteiger partial charge in [0.15, 0.2) is 0 Å². The summed E-state index contributed by atoms with van der Waals surface area (Å²) in [6, 6.07) is 22.9. The van der Waals surface area contributed by atoms with Crippen molar-refractivity contribution in [3.05, 3.63) is 105 Å². The summed E-state index contributed by atoms with van der Waals surface area (Å²) >= 11 is 1.80. The van der Waals surface area contributed by atoms with Crippen molar-refractivity contribution < 1.29 is 0 Å². The first-order valence-electron chi connectivity index (χ1n) is 8.09.